The number of aliphatic hydroxyl groups is 1. The highest BCUT2D eigenvalue weighted by Gasteiger charge is 2.24. The average Bonchev–Trinajstić information content (AvgIpc) is 2.15. The fourth-order valence-corrected chi connectivity index (χ4v) is 2.31. The first-order valence-corrected chi connectivity index (χ1v) is 7.05. The highest BCUT2D eigenvalue weighted by atomic mass is 32.2. The summed E-state index contributed by atoms with van der Waals surface area (Å²) in [6, 6.07) is 0. The molecule has 1 saturated heterocycles. The number of likely N-dealkylation sites (tertiary alicyclic amines) is 1. The van der Waals surface area contributed by atoms with E-state index in [0.29, 0.717) is 13.1 Å². The second-order valence-electron chi connectivity index (χ2n) is 4.08. The van der Waals surface area contributed by atoms with Crippen LogP contribution in [0.5, 0.6) is 0 Å². The maximum atomic E-state index is 11.5. The van der Waals surface area contributed by atoms with E-state index in [1.165, 1.54) is 0 Å². The number of piperidine rings is 1. The summed E-state index contributed by atoms with van der Waals surface area (Å²) >= 11 is 0. The minimum atomic E-state index is -3.23. The van der Waals surface area contributed by atoms with E-state index < -0.39 is 15.6 Å². The van der Waals surface area contributed by atoms with Crippen molar-refractivity contribution in [3.8, 4) is 0 Å². The molecule has 15 heavy (non-hydrogen) atoms. The molecule has 0 saturated carbocycles. The Kier molecular flexibility index (Phi) is 4.10. The summed E-state index contributed by atoms with van der Waals surface area (Å²) in [6.07, 6.45) is 2.57. The maximum Gasteiger partial charge on any atom is 0.237 e. The minimum absolute atomic E-state index is 0.147. The van der Waals surface area contributed by atoms with Gasteiger partial charge >= 0.3 is 0 Å². The maximum absolute atomic E-state index is 11.5. The molecule has 1 heterocycles. The van der Waals surface area contributed by atoms with Crippen molar-refractivity contribution in [2.24, 2.45) is 5.92 Å². The van der Waals surface area contributed by atoms with Crippen molar-refractivity contribution in [3.05, 3.63) is 0 Å². The number of sulfone groups is 1. The van der Waals surface area contributed by atoms with Gasteiger partial charge in [0.15, 0.2) is 9.84 Å². The zero-order valence-electron chi connectivity index (χ0n) is 8.85. The topological polar surface area (TPSA) is 74.7 Å². The smallest absolute Gasteiger partial charge is 0.237 e. The van der Waals surface area contributed by atoms with Gasteiger partial charge in [0.2, 0.25) is 5.91 Å². The number of hydrogen-bond acceptors (Lipinski definition) is 4. The van der Waals surface area contributed by atoms with Crippen LogP contribution >= 0.6 is 0 Å². The lowest BCUT2D eigenvalue weighted by atomic mass is 9.98. The summed E-state index contributed by atoms with van der Waals surface area (Å²) in [7, 11) is -3.23. The summed E-state index contributed by atoms with van der Waals surface area (Å²) in [6.45, 7) is 1.26. The molecule has 0 atom stereocenters. The number of carbonyl (C=O) groups is 1. The van der Waals surface area contributed by atoms with Gasteiger partial charge in [-0.1, -0.05) is 0 Å². The van der Waals surface area contributed by atoms with Crippen LogP contribution in [-0.4, -0.2) is 56.0 Å². The van der Waals surface area contributed by atoms with Gasteiger partial charge in [-0.15, -0.1) is 0 Å². The SMILES string of the molecule is CS(=O)(=O)CC(=O)N1CCC(CO)CC1. The quantitative estimate of drug-likeness (QED) is 0.699. The lowest BCUT2D eigenvalue weighted by Crippen LogP contribution is -2.41. The molecule has 1 N–H and O–H groups in total. The zero-order valence-corrected chi connectivity index (χ0v) is 9.66. The average molecular weight is 235 g/mol. The van der Waals surface area contributed by atoms with E-state index in [4.69, 9.17) is 5.11 Å². The van der Waals surface area contributed by atoms with Crippen molar-refractivity contribution < 1.29 is 18.3 Å². The molecular formula is C9H17NO4S. The van der Waals surface area contributed by atoms with Gasteiger partial charge in [0.1, 0.15) is 5.75 Å². The van der Waals surface area contributed by atoms with Gasteiger partial charge in [0, 0.05) is 26.0 Å². The summed E-state index contributed by atoms with van der Waals surface area (Å²) in [5.74, 6) is -0.474. The first-order valence-electron chi connectivity index (χ1n) is 4.98. The molecule has 0 radical (unpaired) electrons. The number of hydrogen-bond donors (Lipinski definition) is 1. The van der Waals surface area contributed by atoms with E-state index in [2.05, 4.69) is 0 Å². The van der Waals surface area contributed by atoms with Crippen molar-refractivity contribution >= 4 is 15.7 Å². The second kappa shape index (κ2) is 4.94. The van der Waals surface area contributed by atoms with E-state index in [0.717, 1.165) is 19.1 Å². The Morgan fingerprint density at radius 3 is 2.33 bits per heavy atom. The van der Waals surface area contributed by atoms with E-state index in [1.807, 2.05) is 0 Å². The first kappa shape index (κ1) is 12.4. The molecule has 0 spiro atoms. The van der Waals surface area contributed by atoms with E-state index >= 15 is 0 Å². The third kappa shape index (κ3) is 4.17. The molecule has 88 valence electrons. The Morgan fingerprint density at radius 1 is 1.40 bits per heavy atom. The summed E-state index contributed by atoms with van der Waals surface area (Å²) in [4.78, 5) is 13.1. The normalized spacial score (nSPS) is 19.2. The van der Waals surface area contributed by atoms with Gasteiger partial charge in [-0.3, -0.25) is 4.79 Å². The Labute approximate surface area is 90.0 Å². The van der Waals surface area contributed by atoms with Gasteiger partial charge in [0.05, 0.1) is 0 Å². The van der Waals surface area contributed by atoms with Crippen molar-refractivity contribution in [2.45, 2.75) is 12.8 Å². The second-order valence-corrected chi connectivity index (χ2v) is 6.22. The fourth-order valence-electron chi connectivity index (χ4n) is 1.68. The predicted molar refractivity (Wildman–Crippen MR) is 56.1 cm³/mol. The Balaban J connectivity index is 2.43. The highest BCUT2D eigenvalue weighted by molar-refractivity contribution is 7.91. The fraction of sp³-hybridized carbons (Fsp3) is 0.889. The molecule has 0 bridgehead atoms. The Bertz CT molecular complexity index is 317. The van der Waals surface area contributed by atoms with E-state index in [-0.39, 0.29) is 18.4 Å². The van der Waals surface area contributed by atoms with Crippen LogP contribution in [0.15, 0.2) is 0 Å². The Morgan fingerprint density at radius 2 is 1.93 bits per heavy atom. The van der Waals surface area contributed by atoms with Crippen molar-refractivity contribution in [2.75, 3.05) is 31.7 Å². The van der Waals surface area contributed by atoms with Crippen LogP contribution in [0.1, 0.15) is 12.8 Å². The molecule has 1 aliphatic rings. The van der Waals surface area contributed by atoms with Gasteiger partial charge in [0.25, 0.3) is 0 Å². The van der Waals surface area contributed by atoms with Gasteiger partial charge in [-0.05, 0) is 18.8 Å². The van der Waals surface area contributed by atoms with Crippen LogP contribution in [-0.2, 0) is 14.6 Å². The van der Waals surface area contributed by atoms with E-state index in [9.17, 15) is 13.2 Å². The van der Waals surface area contributed by atoms with Crippen LogP contribution in [0, 0.1) is 5.92 Å². The molecule has 0 aromatic rings. The largest absolute Gasteiger partial charge is 0.396 e. The van der Waals surface area contributed by atoms with Crippen LogP contribution < -0.4 is 0 Å². The summed E-state index contributed by atoms with van der Waals surface area (Å²) in [5, 5.41) is 8.90. The van der Waals surface area contributed by atoms with Gasteiger partial charge in [-0.25, -0.2) is 8.42 Å². The molecule has 1 amide bonds. The zero-order chi connectivity index (χ0) is 11.5. The molecule has 6 heteroatoms. The highest BCUT2D eigenvalue weighted by Crippen LogP contribution is 2.16. The third-order valence-electron chi connectivity index (χ3n) is 2.61. The van der Waals surface area contributed by atoms with Crippen molar-refractivity contribution in [3.63, 3.8) is 0 Å². The Hall–Kier alpha value is -0.620. The first-order chi connectivity index (χ1) is 6.92. The van der Waals surface area contributed by atoms with Crippen LogP contribution in [0.3, 0.4) is 0 Å². The molecular weight excluding hydrogens is 218 g/mol. The number of amides is 1. The van der Waals surface area contributed by atoms with Crippen LogP contribution in [0.2, 0.25) is 0 Å². The number of rotatable bonds is 3. The summed E-state index contributed by atoms with van der Waals surface area (Å²) < 4.78 is 21.8. The molecule has 5 nitrogen and oxygen atoms in total. The number of aliphatic hydroxyl groups excluding tert-OH is 1. The van der Waals surface area contributed by atoms with E-state index in [1.54, 1.807) is 4.90 Å². The molecule has 1 aliphatic heterocycles. The molecule has 0 aromatic heterocycles. The van der Waals surface area contributed by atoms with Gasteiger partial charge < -0.3 is 10.0 Å². The van der Waals surface area contributed by atoms with Crippen LogP contribution in [0.25, 0.3) is 0 Å². The molecule has 1 rings (SSSR count). The molecule has 0 aliphatic carbocycles. The summed E-state index contributed by atoms with van der Waals surface area (Å²) in [5.41, 5.74) is 0. The minimum Gasteiger partial charge on any atom is -0.396 e. The van der Waals surface area contributed by atoms with Crippen molar-refractivity contribution in [1.82, 2.24) is 4.90 Å². The molecule has 0 aromatic carbocycles. The number of nitrogens with zero attached hydrogens (tertiary/aromatic N) is 1. The lowest BCUT2D eigenvalue weighted by Gasteiger charge is -2.30. The number of carbonyl (C=O) groups excluding carboxylic acids is 1. The monoisotopic (exact) mass is 235 g/mol. The lowest BCUT2D eigenvalue weighted by molar-refractivity contribution is -0.130. The third-order valence-corrected chi connectivity index (χ3v) is 3.38. The standard InChI is InChI=1S/C9H17NO4S/c1-15(13,14)7-9(12)10-4-2-8(6-11)3-5-10/h8,11H,2-7H2,1H3. The molecule has 0 unspecified atom stereocenters. The van der Waals surface area contributed by atoms with Crippen LogP contribution in [0.4, 0.5) is 0 Å². The molecule has 1 fully saturated rings. The predicted octanol–water partition coefficient (Wildman–Crippen LogP) is -0.738. The van der Waals surface area contributed by atoms with Crippen molar-refractivity contribution in [1.29, 1.82) is 0 Å². The van der Waals surface area contributed by atoms with Gasteiger partial charge in [-0.2, -0.15) is 0 Å².